The predicted molar refractivity (Wildman–Crippen MR) is 80.6 cm³/mol. The van der Waals surface area contributed by atoms with Gasteiger partial charge in [-0.1, -0.05) is 26.0 Å². The van der Waals surface area contributed by atoms with Crippen LogP contribution in [0.3, 0.4) is 0 Å². The van der Waals surface area contributed by atoms with Gasteiger partial charge in [-0.15, -0.1) is 5.10 Å². The van der Waals surface area contributed by atoms with Crippen molar-refractivity contribution >= 4 is 5.69 Å². The summed E-state index contributed by atoms with van der Waals surface area (Å²) in [6, 6.07) is 6.06. The van der Waals surface area contributed by atoms with Crippen molar-refractivity contribution in [2.45, 2.75) is 39.3 Å². The second kappa shape index (κ2) is 4.80. The van der Waals surface area contributed by atoms with Crippen LogP contribution in [0, 0.1) is 12.3 Å². The first-order chi connectivity index (χ1) is 9.96. The third-order valence-corrected chi connectivity index (χ3v) is 4.73. The highest BCUT2D eigenvalue weighted by atomic mass is 16.5. The molecule has 1 aromatic carbocycles. The van der Waals surface area contributed by atoms with E-state index in [9.17, 15) is 0 Å². The molecule has 6 nitrogen and oxygen atoms in total. The molecule has 1 fully saturated rings. The molecular formula is C15H21N5O. The Morgan fingerprint density at radius 1 is 1.38 bits per heavy atom. The van der Waals surface area contributed by atoms with Crippen molar-refractivity contribution in [2.75, 3.05) is 12.8 Å². The van der Waals surface area contributed by atoms with Crippen LogP contribution >= 0.6 is 0 Å². The Morgan fingerprint density at radius 2 is 2.14 bits per heavy atom. The first kappa shape index (κ1) is 14.0. The van der Waals surface area contributed by atoms with Crippen LogP contribution in [0.25, 0.3) is 11.4 Å². The number of aromatic nitrogens is 4. The molecule has 6 heteroatoms. The minimum absolute atomic E-state index is 0.00364. The van der Waals surface area contributed by atoms with Crippen molar-refractivity contribution < 1.29 is 4.74 Å². The predicted octanol–water partition coefficient (Wildman–Crippen LogP) is 2.22. The number of nitrogens with two attached hydrogens (primary N) is 1. The Hall–Kier alpha value is -1.95. The molecule has 1 aliphatic rings. The van der Waals surface area contributed by atoms with E-state index in [1.165, 1.54) is 0 Å². The quantitative estimate of drug-likeness (QED) is 0.876. The van der Waals surface area contributed by atoms with Gasteiger partial charge in [0.15, 0.2) is 5.82 Å². The van der Waals surface area contributed by atoms with Gasteiger partial charge in [0.2, 0.25) is 0 Å². The molecule has 1 saturated carbocycles. The zero-order chi connectivity index (χ0) is 15.2. The number of hydrogen-bond acceptors (Lipinski definition) is 5. The van der Waals surface area contributed by atoms with Gasteiger partial charge in [-0.05, 0) is 35.4 Å². The molecule has 0 radical (unpaired) electrons. The minimum Gasteiger partial charge on any atom is -0.398 e. The lowest BCUT2D eigenvalue weighted by atomic mass is 9.64. The Morgan fingerprint density at radius 3 is 2.76 bits per heavy atom. The maximum Gasteiger partial charge on any atom is 0.184 e. The molecule has 1 aromatic heterocycles. The second-order valence-electron chi connectivity index (χ2n) is 6.28. The van der Waals surface area contributed by atoms with E-state index in [1.807, 2.05) is 29.8 Å². The fraction of sp³-hybridized carbons (Fsp3) is 0.533. The Kier molecular flexibility index (Phi) is 3.20. The molecule has 0 aliphatic heterocycles. The van der Waals surface area contributed by atoms with Gasteiger partial charge >= 0.3 is 0 Å². The summed E-state index contributed by atoms with van der Waals surface area (Å²) in [6.45, 7) is 6.39. The summed E-state index contributed by atoms with van der Waals surface area (Å²) >= 11 is 0. The van der Waals surface area contributed by atoms with Gasteiger partial charge in [-0.2, -0.15) is 0 Å². The average molecular weight is 287 g/mol. The smallest absolute Gasteiger partial charge is 0.184 e. The van der Waals surface area contributed by atoms with Crippen LogP contribution < -0.4 is 5.73 Å². The van der Waals surface area contributed by atoms with Gasteiger partial charge in [0, 0.05) is 23.8 Å². The van der Waals surface area contributed by atoms with E-state index in [-0.39, 0.29) is 17.6 Å². The number of rotatable bonds is 3. The molecule has 2 N–H and O–H groups in total. The fourth-order valence-electron chi connectivity index (χ4n) is 3.24. The number of aryl methyl sites for hydroxylation is 1. The number of tetrazole rings is 1. The molecule has 0 bridgehead atoms. The van der Waals surface area contributed by atoms with Crippen LogP contribution in [-0.4, -0.2) is 33.4 Å². The van der Waals surface area contributed by atoms with E-state index in [0.29, 0.717) is 5.69 Å². The fourth-order valence-corrected chi connectivity index (χ4v) is 3.24. The number of methoxy groups -OCH3 is 1. The zero-order valence-corrected chi connectivity index (χ0v) is 12.9. The largest absolute Gasteiger partial charge is 0.398 e. The summed E-state index contributed by atoms with van der Waals surface area (Å²) in [4.78, 5) is 0. The third kappa shape index (κ3) is 2.01. The van der Waals surface area contributed by atoms with Gasteiger partial charge in [0.1, 0.15) is 0 Å². The zero-order valence-electron chi connectivity index (χ0n) is 12.9. The van der Waals surface area contributed by atoms with Crippen LogP contribution in [0.5, 0.6) is 0 Å². The van der Waals surface area contributed by atoms with E-state index < -0.39 is 0 Å². The van der Waals surface area contributed by atoms with Crippen LogP contribution in [0.4, 0.5) is 5.69 Å². The summed E-state index contributed by atoms with van der Waals surface area (Å²) in [6.07, 6.45) is 1.14. The van der Waals surface area contributed by atoms with E-state index in [1.54, 1.807) is 7.11 Å². The molecule has 0 spiro atoms. The van der Waals surface area contributed by atoms with E-state index >= 15 is 0 Å². The number of benzene rings is 1. The van der Waals surface area contributed by atoms with Crippen LogP contribution in [0.15, 0.2) is 18.2 Å². The topological polar surface area (TPSA) is 78.8 Å². The number of hydrogen-bond donors (Lipinski definition) is 1. The molecule has 21 heavy (non-hydrogen) atoms. The summed E-state index contributed by atoms with van der Waals surface area (Å²) in [5.41, 5.74) is 8.82. The van der Waals surface area contributed by atoms with Crippen molar-refractivity contribution in [3.63, 3.8) is 0 Å². The number of nitrogen functional groups attached to an aromatic ring is 1. The summed E-state index contributed by atoms with van der Waals surface area (Å²) in [5.74, 6) is 0.734. The number of ether oxygens (including phenoxy) is 1. The van der Waals surface area contributed by atoms with Gasteiger partial charge in [-0.25, -0.2) is 4.68 Å². The lowest BCUT2D eigenvalue weighted by Gasteiger charge is -2.50. The first-order valence-electron chi connectivity index (χ1n) is 7.13. The Labute approximate surface area is 124 Å². The van der Waals surface area contributed by atoms with Crippen molar-refractivity contribution in [3.8, 4) is 11.4 Å². The number of anilines is 1. The van der Waals surface area contributed by atoms with E-state index in [4.69, 9.17) is 10.5 Å². The molecular weight excluding hydrogens is 266 g/mol. The van der Waals surface area contributed by atoms with Gasteiger partial charge < -0.3 is 10.5 Å². The SMILES string of the molecule is COC1CC(n2nnnc2-c2c(C)cccc2N)C1(C)C. The first-order valence-corrected chi connectivity index (χ1v) is 7.13. The molecule has 1 aliphatic carbocycles. The summed E-state index contributed by atoms with van der Waals surface area (Å²) in [5, 5.41) is 12.3. The highest BCUT2D eigenvalue weighted by molar-refractivity contribution is 5.74. The van der Waals surface area contributed by atoms with Crippen molar-refractivity contribution in [2.24, 2.45) is 5.41 Å². The maximum absolute atomic E-state index is 6.13. The van der Waals surface area contributed by atoms with E-state index in [0.717, 1.165) is 23.4 Å². The number of nitrogens with zero attached hydrogens (tertiary/aromatic N) is 4. The van der Waals surface area contributed by atoms with Gasteiger partial charge in [-0.3, -0.25) is 0 Å². The second-order valence-corrected chi connectivity index (χ2v) is 6.28. The summed E-state index contributed by atoms with van der Waals surface area (Å²) in [7, 11) is 1.75. The monoisotopic (exact) mass is 287 g/mol. The molecule has 2 unspecified atom stereocenters. The minimum atomic E-state index is -0.00364. The van der Waals surface area contributed by atoms with Crippen molar-refractivity contribution in [1.82, 2.24) is 20.2 Å². The van der Waals surface area contributed by atoms with Gasteiger partial charge in [0.25, 0.3) is 0 Å². The third-order valence-electron chi connectivity index (χ3n) is 4.73. The lowest BCUT2D eigenvalue weighted by Crippen LogP contribution is -2.51. The highest BCUT2D eigenvalue weighted by Gasteiger charge is 2.51. The normalized spacial score (nSPS) is 23.8. The van der Waals surface area contributed by atoms with Crippen LogP contribution in [-0.2, 0) is 4.74 Å². The lowest BCUT2D eigenvalue weighted by molar-refractivity contribution is -0.116. The highest BCUT2D eigenvalue weighted by Crippen LogP contribution is 2.51. The molecule has 3 rings (SSSR count). The molecule has 1 heterocycles. The Balaban J connectivity index is 2.04. The molecule has 2 atom stereocenters. The van der Waals surface area contributed by atoms with Crippen LogP contribution in [0.2, 0.25) is 0 Å². The molecule has 0 saturated heterocycles. The summed E-state index contributed by atoms with van der Waals surface area (Å²) < 4.78 is 7.41. The Bertz CT molecular complexity index is 644. The molecule has 0 amide bonds. The van der Waals surface area contributed by atoms with E-state index in [2.05, 4.69) is 29.4 Å². The van der Waals surface area contributed by atoms with Crippen LogP contribution in [0.1, 0.15) is 31.9 Å². The van der Waals surface area contributed by atoms with Crippen molar-refractivity contribution in [3.05, 3.63) is 23.8 Å². The van der Waals surface area contributed by atoms with Gasteiger partial charge in [0.05, 0.1) is 12.1 Å². The standard InChI is InChI=1S/C15H21N5O/c1-9-6-5-7-10(16)13(9)14-17-18-19-20(14)11-8-12(21-4)15(11,2)3/h5-7,11-12H,8,16H2,1-4H3. The molecule has 2 aromatic rings. The average Bonchev–Trinajstić information content (AvgIpc) is 2.86. The van der Waals surface area contributed by atoms with Crippen molar-refractivity contribution in [1.29, 1.82) is 0 Å². The maximum atomic E-state index is 6.13. The molecule has 112 valence electrons.